The summed E-state index contributed by atoms with van der Waals surface area (Å²) in [5.74, 6) is 2.97. The molecule has 0 fully saturated rings. The maximum Gasteiger partial charge on any atom is 0.186 e. The van der Waals surface area contributed by atoms with Crippen LogP contribution < -0.4 is 0 Å². The summed E-state index contributed by atoms with van der Waals surface area (Å²) < 4.78 is 1.57. The minimum atomic E-state index is 0. The Hall–Kier alpha value is 0.190. The third kappa shape index (κ3) is 25.1. The van der Waals surface area contributed by atoms with E-state index in [1.807, 2.05) is 11.8 Å². The first kappa shape index (κ1) is 37.7. The van der Waals surface area contributed by atoms with Gasteiger partial charge in [0, 0.05) is 24.3 Å². The molecule has 0 aromatic heterocycles. The van der Waals surface area contributed by atoms with E-state index in [0.29, 0.717) is 24.7 Å². The van der Waals surface area contributed by atoms with Gasteiger partial charge in [-0.2, -0.15) is 11.8 Å². The zero-order chi connectivity index (χ0) is 23.6. The summed E-state index contributed by atoms with van der Waals surface area (Å²) in [5, 5.41) is 0. The Labute approximate surface area is 223 Å². The fraction of sp³-hybridized carbons (Fsp3) is 0.923. The van der Waals surface area contributed by atoms with Gasteiger partial charge in [0.25, 0.3) is 0 Å². The van der Waals surface area contributed by atoms with E-state index in [-0.39, 0.29) is 24.8 Å². The van der Waals surface area contributed by atoms with Gasteiger partial charge in [-0.15, -0.1) is 24.8 Å². The monoisotopic (exact) mass is 530 g/mol. The quantitative estimate of drug-likeness (QED) is 0.117. The van der Waals surface area contributed by atoms with Gasteiger partial charge in [-0.1, -0.05) is 65.2 Å². The largest absolute Gasteiger partial charge is 0.322 e. The molecule has 7 heteroatoms. The highest BCUT2D eigenvalue weighted by Crippen LogP contribution is 2.11. The van der Waals surface area contributed by atoms with Crippen molar-refractivity contribution in [3.63, 3.8) is 0 Å². The van der Waals surface area contributed by atoms with Crippen molar-refractivity contribution in [3.8, 4) is 0 Å². The van der Waals surface area contributed by atoms with Gasteiger partial charge < -0.3 is 8.97 Å². The Morgan fingerprint density at radius 2 is 0.909 bits per heavy atom. The highest BCUT2D eigenvalue weighted by Gasteiger charge is 2.21. The molecule has 0 aromatic carbocycles. The normalized spacial score (nSPS) is 11.6. The first-order chi connectivity index (χ1) is 14.6. The van der Waals surface area contributed by atoms with Crippen LogP contribution in [0.3, 0.4) is 0 Å². The molecule has 33 heavy (non-hydrogen) atoms. The van der Waals surface area contributed by atoms with Crippen molar-refractivity contribution in [3.05, 3.63) is 0 Å². The van der Waals surface area contributed by atoms with Crippen molar-refractivity contribution in [2.45, 2.75) is 90.9 Å². The molecule has 0 amide bonds. The Kier molecular flexibility index (Phi) is 25.9. The lowest BCUT2D eigenvalue weighted by atomic mass is 10.1. The number of halogens is 2. The average Bonchev–Trinajstić information content (AvgIpc) is 2.66. The van der Waals surface area contributed by atoms with E-state index in [0.717, 1.165) is 59.2 Å². The summed E-state index contributed by atoms with van der Waals surface area (Å²) in [4.78, 5) is 24.6. The number of Topliss-reactive ketones (excluding diaryl/α,β-unsaturated/α-hetero) is 2. The number of thioether (sulfide) groups is 1. The number of nitrogens with zero attached hydrogens (tertiary/aromatic N) is 2. The molecule has 4 nitrogen and oxygen atoms in total. The van der Waals surface area contributed by atoms with Crippen LogP contribution in [0.5, 0.6) is 0 Å². The molecule has 0 heterocycles. The van der Waals surface area contributed by atoms with E-state index in [4.69, 9.17) is 0 Å². The van der Waals surface area contributed by atoms with E-state index < -0.39 is 0 Å². The standard InChI is InChI=1S/C26H54N2O2S.2ClH/c1-7-9-11-13-15-17-25(29)23-27(3,4)19-21-31-22-20-28(5,6)24-26(30)18-16-14-12-10-8-2;;/h7-24H2,1-6H3;2*1H/q+2;;. The zero-order valence-electron chi connectivity index (χ0n) is 22.7. The van der Waals surface area contributed by atoms with Crippen molar-refractivity contribution in [2.75, 3.05) is 65.9 Å². The van der Waals surface area contributed by atoms with Crippen LogP contribution in [-0.4, -0.2) is 86.4 Å². The van der Waals surface area contributed by atoms with Crippen LogP contribution in [-0.2, 0) is 9.59 Å². The molecule has 0 aliphatic heterocycles. The molecule has 200 valence electrons. The molecule has 0 radical (unpaired) electrons. The fourth-order valence-electron chi connectivity index (χ4n) is 3.85. The maximum atomic E-state index is 12.3. The molecule has 0 aromatic rings. The lowest BCUT2D eigenvalue weighted by molar-refractivity contribution is -0.880. The second-order valence-electron chi connectivity index (χ2n) is 10.7. The van der Waals surface area contributed by atoms with Crippen LogP contribution in [0, 0.1) is 0 Å². The molecule has 0 aliphatic carbocycles. The number of likely N-dealkylation sites (N-methyl/N-ethyl adjacent to an activating group) is 2. The van der Waals surface area contributed by atoms with Crippen molar-refractivity contribution in [2.24, 2.45) is 0 Å². The van der Waals surface area contributed by atoms with E-state index in [1.165, 1.54) is 51.4 Å². The van der Waals surface area contributed by atoms with Crippen molar-refractivity contribution >= 4 is 48.1 Å². The molecule has 0 atom stereocenters. The van der Waals surface area contributed by atoms with Crippen molar-refractivity contribution in [1.29, 1.82) is 0 Å². The number of unbranched alkanes of at least 4 members (excludes halogenated alkanes) is 8. The highest BCUT2D eigenvalue weighted by molar-refractivity contribution is 7.99. The van der Waals surface area contributed by atoms with Gasteiger partial charge in [-0.05, 0) is 12.8 Å². The smallest absolute Gasteiger partial charge is 0.186 e. The Morgan fingerprint density at radius 1 is 0.576 bits per heavy atom. The van der Waals surface area contributed by atoms with Gasteiger partial charge in [0.15, 0.2) is 11.6 Å². The Bertz CT molecular complexity index is 447. The number of carbonyl (C=O) groups excluding carboxylic acids is 2. The lowest BCUT2D eigenvalue weighted by Crippen LogP contribution is -2.46. The minimum Gasteiger partial charge on any atom is -0.322 e. The molecule has 0 rings (SSSR count). The van der Waals surface area contributed by atoms with Gasteiger partial charge in [0.1, 0.15) is 13.1 Å². The fourth-order valence-corrected chi connectivity index (χ4v) is 5.30. The number of rotatable bonds is 22. The van der Waals surface area contributed by atoms with Gasteiger partial charge in [-0.25, -0.2) is 0 Å². The predicted octanol–water partition coefficient (Wildman–Crippen LogP) is 6.58. The van der Waals surface area contributed by atoms with Crippen LogP contribution in [0.1, 0.15) is 90.9 Å². The van der Waals surface area contributed by atoms with E-state index in [9.17, 15) is 9.59 Å². The summed E-state index contributed by atoms with van der Waals surface area (Å²) in [6.07, 6.45) is 13.6. The summed E-state index contributed by atoms with van der Waals surface area (Å²) in [5.41, 5.74) is 0. The summed E-state index contributed by atoms with van der Waals surface area (Å²) in [6.45, 7) is 7.80. The zero-order valence-corrected chi connectivity index (χ0v) is 25.1. The van der Waals surface area contributed by atoms with Gasteiger partial charge in [0.2, 0.25) is 0 Å². The molecule has 0 bridgehead atoms. The number of quaternary nitrogens is 2. The molecular formula is C26H56Cl2N2O2S+2. The first-order valence-electron chi connectivity index (χ1n) is 12.9. The van der Waals surface area contributed by atoms with Crippen LogP contribution in [0.15, 0.2) is 0 Å². The van der Waals surface area contributed by atoms with Gasteiger partial charge >= 0.3 is 0 Å². The molecular weight excluding hydrogens is 475 g/mol. The van der Waals surface area contributed by atoms with E-state index in [2.05, 4.69) is 42.0 Å². The van der Waals surface area contributed by atoms with Gasteiger partial charge in [-0.3, -0.25) is 9.59 Å². The maximum absolute atomic E-state index is 12.3. The predicted molar refractivity (Wildman–Crippen MR) is 152 cm³/mol. The molecule has 0 unspecified atom stereocenters. The minimum absolute atomic E-state index is 0. The summed E-state index contributed by atoms with van der Waals surface area (Å²) in [6, 6.07) is 0. The first-order valence-corrected chi connectivity index (χ1v) is 14.0. The number of carbonyl (C=O) groups is 2. The number of ketones is 2. The van der Waals surface area contributed by atoms with E-state index >= 15 is 0 Å². The molecule has 0 spiro atoms. The van der Waals surface area contributed by atoms with Crippen LogP contribution in [0.25, 0.3) is 0 Å². The van der Waals surface area contributed by atoms with Crippen molar-refractivity contribution < 1.29 is 18.6 Å². The summed E-state index contributed by atoms with van der Waals surface area (Å²) >= 11 is 1.96. The third-order valence-electron chi connectivity index (χ3n) is 6.01. The number of hydrogen-bond acceptors (Lipinski definition) is 3. The highest BCUT2D eigenvalue weighted by atomic mass is 35.5. The molecule has 0 saturated heterocycles. The van der Waals surface area contributed by atoms with E-state index in [1.54, 1.807) is 0 Å². The second-order valence-corrected chi connectivity index (χ2v) is 11.9. The third-order valence-corrected chi connectivity index (χ3v) is 6.95. The van der Waals surface area contributed by atoms with Gasteiger partial charge in [0.05, 0.1) is 41.3 Å². The van der Waals surface area contributed by atoms with Crippen LogP contribution >= 0.6 is 36.6 Å². The number of hydrogen-bond donors (Lipinski definition) is 0. The topological polar surface area (TPSA) is 34.1 Å². The van der Waals surface area contributed by atoms with Crippen molar-refractivity contribution in [1.82, 2.24) is 0 Å². The Balaban J connectivity index is -0.00000450. The Morgan fingerprint density at radius 3 is 1.24 bits per heavy atom. The molecule has 0 N–H and O–H groups in total. The summed E-state index contributed by atoms with van der Waals surface area (Å²) in [7, 11) is 8.70. The molecule has 0 aliphatic rings. The van der Waals surface area contributed by atoms with Crippen LogP contribution in [0.4, 0.5) is 0 Å². The SMILES string of the molecule is CCCCCCCC(=O)C[N+](C)(C)CCSCC[N+](C)(C)CC(=O)CCCCCCC.Cl.Cl. The van der Waals surface area contributed by atoms with Crippen LogP contribution in [0.2, 0.25) is 0 Å². The lowest BCUT2D eigenvalue weighted by Gasteiger charge is -2.30. The average molecular weight is 532 g/mol. The molecule has 0 saturated carbocycles. The second kappa shape index (κ2) is 22.6.